The van der Waals surface area contributed by atoms with Gasteiger partial charge in [-0.25, -0.2) is 4.98 Å². The first-order chi connectivity index (χ1) is 6.16. The Morgan fingerprint density at radius 3 is 2.38 bits per heavy atom. The van der Waals surface area contributed by atoms with Gasteiger partial charge in [0.2, 0.25) is 5.76 Å². The van der Waals surface area contributed by atoms with Crippen molar-refractivity contribution in [2.75, 3.05) is 5.73 Å². The quantitative estimate of drug-likeness (QED) is 0.701. The highest BCUT2D eigenvalue weighted by molar-refractivity contribution is 5.47. The van der Waals surface area contributed by atoms with Crippen molar-refractivity contribution >= 4 is 6.01 Å². The lowest BCUT2D eigenvalue weighted by Gasteiger charge is -1.86. The van der Waals surface area contributed by atoms with Gasteiger partial charge >= 0.3 is 6.01 Å². The number of hydrogen-bond acceptors (Lipinski definition) is 6. The van der Waals surface area contributed by atoms with E-state index in [2.05, 4.69) is 15.2 Å². The molecule has 6 heteroatoms. The third-order valence-electron chi connectivity index (χ3n) is 1.54. The van der Waals surface area contributed by atoms with Gasteiger partial charge in [-0.2, -0.15) is 0 Å². The van der Waals surface area contributed by atoms with Gasteiger partial charge in [-0.3, -0.25) is 0 Å². The summed E-state index contributed by atoms with van der Waals surface area (Å²) in [5.74, 6) is 1.29. The van der Waals surface area contributed by atoms with Gasteiger partial charge in [0, 0.05) is 6.92 Å². The molecule has 68 valence electrons. The van der Waals surface area contributed by atoms with Gasteiger partial charge in [0.05, 0.1) is 5.69 Å². The molecule has 2 aromatic rings. The Morgan fingerprint density at radius 2 is 1.92 bits per heavy atom. The van der Waals surface area contributed by atoms with Crippen molar-refractivity contribution < 1.29 is 8.83 Å². The lowest BCUT2D eigenvalue weighted by atomic mass is 10.4. The van der Waals surface area contributed by atoms with E-state index in [4.69, 9.17) is 14.6 Å². The first-order valence-corrected chi connectivity index (χ1v) is 3.70. The molecule has 0 aromatic carbocycles. The Hall–Kier alpha value is -1.85. The van der Waals surface area contributed by atoms with E-state index < -0.39 is 0 Å². The highest BCUT2D eigenvalue weighted by Crippen LogP contribution is 2.22. The molecule has 0 aliphatic heterocycles. The zero-order chi connectivity index (χ0) is 9.42. The standard InChI is InChI=1S/C7H8N4O2/c1-3-5(12-4(2)9-3)6-10-11-7(8)13-6/h1-2H3,(H2,8,11). The van der Waals surface area contributed by atoms with Gasteiger partial charge in [-0.15, -0.1) is 5.10 Å². The molecule has 2 rings (SSSR count). The molecule has 0 unspecified atom stereocenters. The van der Waals surface area contributed by atoms with Crippen LogP contribution in [-0.4, -0.2) is 15.2 Å². The average molecular weight is 180 g/mol. The molecule has 0 fully saturated rings. The van der Waals surface area contributed by atoms with Crippen LogP contribution in [0.4, 0.5) is 6.01 Å². The average Bonchev–Trinajstić information content (AvgIpc) is 2.58. The van der Waals surface area contributed by atoms with Crippen molar-refractivity contribution in [3.63, 3.8) is 0 Å². The first kappa shape index (κ1) is 7.78. The van der Waals surface area contributed by atoms with E-state index in [1.807, 2.05) is 0 Å². The summed E-state index contributed by atoms with van der Waals surface area (Å²) >= 11 is 0. The van der Waals surface area contributed by atoms with Gasteiger partial charge in [-0.05, 0) is 6.92 Å². The smallest absolute Gasteiger partial charge is 0.313 e. The van der Waals surface area contributed by atoms with Crippen LogP contribution in [0, 0.1) is 13.8 Å². The molecule has 2 N–H and O–H groups in total. The van der Waals surface area contributed by atoms with Crippen LogP contribution >= 0.6 is 0 Å². The van der Waals surface area contributed by atoms with Gasteiger partial charge in [0.1, 0.15) is 0 Å². The van der Waals surface area contributed by atoms with E-state index in [0.717, 1.165) is 0 Å². The number of nitrogens with zero attached hydrogens (tertiary/aromatic N) is 3. The van der Waals surface area contributed by atoms with Crippen molar-refractivity contribution in [1.82, 2.24) is 15.2 Å². The fourth-order valence-electron chi connectivity index (χ4n) is 1.06. The Morgan fingerprint density at radius 1 is 1.15 bits per heavy atom. The first-order valence-electron chi connectivity index (χ1n) is 3.70. The summed E-state index contributed by atoms with van der Waals surface area (Å²) in [6.07, 6.45) is 0. The SMILES string of the molecule is Cc1nc(C)c(-c2nnc(N)o2)o1. The zero-order valence-electron chi connectivity index (χ0n) is 7.24. The Balaban J connectivity index is 2.51. The van der Waals surface area contributed by atoms with Gasteiger partial charge in [0.15, 0.2) is 5.89 Å². The van der Waals surface area contributed by atoms with E-state index in [-0.39, 0.29) is 11.9 Å². The summed E-state index contributed by atoms with van der Waals surface area (Å²) in [6.45, 7) is 3.54. The molecule has 0 atom stereocenters. The van der Waals surface area contributed by atoms with Crippen molar-refractivity contribution in [2.45, 2.75) is 13.8 Å². The normalized spacial score (nSPS) is 10.6. The van der Waals surface area contributed by atoms with Crippen molar-refractivity contribution in [3.05, 3.63) is 11.6 Å². The molecular weight excluding hydrogens is 172 g/mol. The van der Waals surface area contributed by atoms with Crippen LogP contribution in [0.1, 0.15) is 11.6 Å². The van der Waals surface area contributed by atoms with E-state index in [0.29, 0.717) is 17.3 Å². The summed E-state index contributed by atoms with van der Waals surface area (Å²) in [4.78, 5) is 4.06. The van der Waals surface area contributed by atoms with Crippen molar-refractivity contribution in [3.8, 4) is 11.7 Å². The van der Waals surface area contributed by atoms with Crippen LogP contribution in [0.2, 0.25) is 0 Å². The Labute approximate surface area is 73.8 Å². The number of anilines is 1. The van der Waals surface area contributed by atoms with E-state index in [9.17, 15) is 0 Å². The van der Waals surface area contributed by atoms with E-state index in [1.54, 1.807) is 13.8 Å². The van der Waals surface area contributed by atoms with Crippen LogP contribution in [0.5, 0.6) is 0 Å². The molecule has 0 saturated heterocycles. The van der Waals surface area contributed by atoms with Crippen molar-refractivity contribution in [2.24, 2.45) is 0 Å². The summed E-state index contributed by atoms with van der Waals surface area (Å²) in [7, 11) is 0. The fraction of sp³-hybridized carbons (Fsp3) is 0.286. The summed E-state index contributed by atoms with van der Waals surface area (Å²) < 4.78 is 10.2. The minimum Gasteiger partial charge on any atom is -0.436 e. The monoisotopic (exact) mass is 180 g/mol. The lowest BCUT2D eigenvalue weighted by molar-refractivity contribution is 0.499. The summed E-state index contributed by atoms with van der Waals surface area (Å²) in [5, 5.41) is 7.20. The predicted octanol–water partition coefficient (Wildman–Crippen LogP) is 0.924. The number of nitrogens with two attached hydrogens (primary N) is 1. The molecule has 6 nitrogen and oxygen atoms in total. The topological polar surface area (TPSA) is 91.0 Å². The molecular formula is C7H8N4O2. The van der Waals surface area contributed by atoms with Crippen LogP contribution in [0.15, 0.2) is 8.83 Å². The largest absolute Gasteiger partial charge is 0.436 e. The maximum absolute atomic E-state index is 5.27. The number of aryl methyl sites for hydroxylation is 2. The third-order valence-corrected chi connectivity index (χ3v) is 1.54. The maximum Gasteiger partial charge on any atom is 0.313 e. The highest BCUT2D eigenvalue weighted by atomic mass is 16.4. The second-order valence-corrected chi connectivity index (χ2v) is 2.59. The number of nitrogen functional groups attached to an aromatic ring is 1. The minimum absolute atomic E-state index is 0.0171. The zero-order valence-corrected chi connectivity index (χ0v) is 7.24. The molecule has 0 spiro atoms. The molecule has 13 heavy (non-hydrogen) atoms. The second kappa shape index (κ2) is 2.58. The third kappa shape index (κ3) is 1.26. The second-order valence-electron chi connectivity index (χ2n) is 2.59. The van der Waals surface area contributed by atoms with Crippen LogP contribution in [0.3, 0.4) is 0 Å². The molecule has 0 amide bonds. The van der Waals surface area contributed by atoms with E-state index in [1.165, 1.54) is 0 Å². The maximum atomic E-state index is 5.27. The van der Waals surface area contributed by atoms with Gasteiger partial charge in [-0.1, -0.05) is 5.10 Å². The predicted molar refractivity (Wildman–Crippen MR) is 43.7 cm³/mol. The summed E-state index contributed by atoms with van der Waals surface area (Å²) in [6, 6.07) is 0.0171. The lowest BCUT2D eigenvalue weighted by Crippen LogP contribution is -1.81. The number of aromatic nitrogens is 3. The number of rotatable bonds is 1. The summed E-state index contributed by atoms with van der Waals surface area (Å²) in [5.41, 5.74) is 5.98. The molecule has 2 heterocycles. The van der Waals surface area contributed by atoms with Crippen LogP contribution in [-0.2, 0) is 0 Å². The molecule has 0 radical (unpaired) electrons. The van der Waals surface area contributed by atoms with Gasteiger partial charge < -0.3 is 14.6 Å². The Bertz CT molecular complexity index is 431. The minimum atomic E-state index is 0.0171. The highest BCUT2D eigenvalue weighted by Gasteiger charge is 2.15. The molecule has 0 bridgehead atoms. The van der Waals surface area contributed by atoms with Gasteiger partial charge in [0.25, 0.3) is 5.89 Å². The Kier molecular flexibility index (Phi) is 1.54. The van der Waals surface area contributed by atoms with Crippen molar-refractivity contribution in [1.29, 1.82) is 0 Å². The molecule has 0 aliphatic carbocycles. The number of hydrogen-bond donors (Lipinski definition) is 1. The molecule has 0 aliphatic rings. The molecule has 2 aromatic heterocycles. The molecule has 0 saturated carbocycles. The fourth-order valence-corrected chi connectivity index (χ4v) is 1.06. The van der Waals surface area contributed by atoms with Crippen LogP contribution < -0.4 is 5.73 Å². The van der Waals surface area contributed by atoms with Crippen LogP contribution in [0.25, 0.3) is 11.7 Å². The number of oxazole rings is 1. The van der Waals surface area contributed by atoms with E-state index >= 15 is 0 Å².